The monoisotopic (exact) mass is 632 g/mol. The zero-order valence-corrected chi connectivity index (χ0v) is 28.3. The Kier molecular flexibility index (Phi) is 11.1. The van der Waals surface area contributed by atoms with E-state index in [9.17, 15) is 0 Å². The van der Waals surface area contributed by atoms with Gasteiger partial charge in [0, 0.05) is 0 Å². The van der Waals surface area contributed by atoms with Crippen LogP contribution in [0.5, 0.6) is 0 Å². The Balaban J connectivity index is 1.69. The first-order chi connectivity index (χ1) is 21.2. The Bertz CT molecular complexity index is 1220. The molecule has 0 radical (unpaired) electrons. The van der Waals surface area contributed by atoms with Gasteiger partial charge in [-0.3, -0.25) is 0 Å². The molecule has 0 aliphatic rings. The summed E-state index contributed by atoms with van der Waals surface area (Å²) in [6.45, 7) is 14.8. The van der Waals surface area contributed by atoms with Gasteiger partial charge in [-0.15, -0.1) is 0 Å². The molecular formula is C36H44O8Si. The first kappa shape index (κ1) is 34.6. The molecular weight excluding hydrogens is 588 g/mol. The Labute approximate surface area is 267 Å². The second-order valence-corrected chi connectivity index (χ2v) is 14.3. The second-order valence-electron chi connectivity index (χ2n) is 12.7. The zero-order valence-electron chi connectivity index (χ0n) is 27.3. The maximum Gasteiger partial charge on any atom is 0.792 e. The highest BCUT2D eigenvalue weighted by Crippen LogP contribution is 2.35. The lowest BCUT2D eigenvalue weighted by molar-refractivity contribution is -0.476. The van der Waals surface area contributed by atoms with Crippen molar-refractivity contribution in [2.24, 2.45) is 0 Å². The second kappa shape index (κ2) is 14.5. The molecule has 4 aromatic rings. The van der Waals surface area contributed by atoms with E-state index < -0.39 is 31.5 Å². The number of rotatable bonds is 16. The van der Waals surface area contributed by atoms with Crippen molar-refractivity contribution in [3.8, 4) is 0 Å². The lowest BCUT2D eigenvalue weighted by atomic mass is 9.99. The third kappa shape index (κ3) is 9.40. The summed E-state index contributed by atoms with van der Waals surface area (Å²) in [5.74, 6) is 0. The van der Waals surface area contributed by atoms with Crippen LogP contribution in [0.1, 0.15) is 77.6 Å². The molecule has 0 N–H and O–H groups in total. The van der Waals surface area contributed by atoms with Gasteiger partial charge in [-0.05, 0) is 77.6 Å². The summed E-state index contributed by atoms with van der Waals surface area (Å²) in [6, 6.07) is 38.4. The smallest absolute Gasteiger partial charge is 0.230 e. The van der Waals surface area contributed by atoms with Gasteiger partial charge >= 0.3 is 9.05 Å². The van der Waals surface area contributed by atoms with E-state index >= 15 is 0 Å². The minimum atomic E-state index is -4.66. The highest BCUT2D eigenvalue weighted by Gasteiger charge is 2.58. The lowest BCUT2D eigenvalue weighted by Crippen LogP contribution is -2.53. The molecule has 0 amide bonds. The number of hydrogen-bond acceptors (Lipinski definition) is 8. The molecule has 0 spiro atoms. The van der Waals surface area contributed by atoms with E-state index in [-0.39, 0.29) is 0 Å². The van der Waals surface area contributed by atoms with Crippen LogP contribution in [-0.2, 0) is 60.3 Å². The molecule has 4 aromatic carbocycles. The molecule has 240 valence electrons. The van der Waals surface area contributed by atoms with Gasteiger partial charge in [-0.1, -0.05) is 121 Å². The number of hydrogen-bond donors (Lipinski definition) is 0. The summed E-state index contributed by atoms with van der Waals surface area (Å²) in [5, 5.41) is 0. The van der Waals surface area contributed by atoms with Crippen LogP contribution in [0, 0.1) is 0 Å². The zero-order chi connectivity index (χ0) is 32.6. The van der Waals surface area contributed by atoms with E-state index in [4.69, 9.17) is 37.9 Å². The standard InChI is InChI=1S/C36H44O8Si/c1-33(2,29-21-13-9-14-22-29)37-41-45(42-38-34(3,4)30-23-15-10-16-24-30,43-39-35(5,6)31-25-17-11-18-26-31)44-40-36(7,8)32-27-19-12-20-28-32/h9-28H,1-8H3. The van der Waals surface area contributed by atoms with Crippen molar-refractivity contribution in [3.05, 3.63) is 144 Å². The molecule has 0 saturated carbocycles. The third-order valence-electron chi connectivity index (χ3n) is 7.28. The van der Waals surface area contributed by atoms with Crippen molar-refractivity contribution >= 4 is 9.05 Å². The summed E-state index contributed by atoms with van der Waals surface area (Å²) in [5.41, 5.74) is -0.487. The molecule has 4 rings (SSSR count). The van der Waals surface area contributed by atoms with E-state index in [0.29, 0.717) is 0 Å². The van der Waals surface area contributed by atoms with Gasteiger partial charge in [0.1, 0.15) is 22.4 Å². The fourth-order valence-electron chi connectivity index (χ4n) is 4.25. The van der Waals surface area contributed by atoms with Crippen molar-refractivity contribution in [2.45, 2.75) is 77.8 Å². The van der Waals surface area contributed by atoms with Crippen molar-refractivity contribution < 1.29 is 37.9 Å². The van der Waals surface area contributed by atoms with E-state index in [1.54, 1.807) is 0 Å². The summed E-state index contributed by atoms with van der Waals surface area (Å²) in [7, 11) is -4.66. The minimum Gasteiger partial charge on any atom is -0.230 e. The van der Waals surface area contributed by atoms with Crippen LogP contribution >= 0.6 is 0 Å². The molecule has 0 unspecified atom stereocenters. The van der Waals surface area contributed by atoms with E-state index in [1.165, 1.54) is 0 Å². The molecule has 0 saturated heterocycles. The first-order valence-electron chi connectivity index (χ1n) is 14.9. The van der Waals surface area contributed by atoms with Crippen LogP contribution in [0.15, 0.2) is 121 Å². The van der Waals surface area contributed by atoms with Crippen LogP contribution in [0.4, 0.5) is 0 Å². The molecule has 0 bridgehead atoms. The molecule has 9 heteroatoms. The Hall–Kier alpha value is -3.22. The van der Waals surface area contributed by atoms with Gasteiger partial charge in [0.05, 0.1) is 0 Å². The van der Waals surface area contributed by atoms with Gasteiger partial charge in [0.15, 0.2) is 0 Å². The Morgan fingerprint density at radius 1 is 0.311 bits per heavy atom. The average Bonchev–Trinajstić information content (AvgIpc) is 3.06. The predicted octanol–water partition coefficient (Wildman–Crippen LogP) is 8.96. The normalized spacial score (nSPS) is 13.2. The quantitative estimate of drug-likeness (QED) is 0.0689. The molecule has 8 nitrogen and oxygen atoms in total. The molecule has 0 atom stereocenters. The summed E-state index contributed by atoms with van der Waals surface area (Å²) < 4.78 is 24.2. The van der Waals surface area contributed by atoms with Gasteiger partial charge in [-0.25, -0.2) is 19.6 Å². The van der Waals surface area contributed by atoms with Gasteiger partial charge < -0.3 is 0 Å². The molecule has 0 aromatic heterocycles. The first-order valence-corrected chi connectivity index (χ1v) is 16.6. The summed E-state index contributed by atoms with van der Waals surface area (Å²) in [6.07, 6.45) is 0. The van der Waals surface area contributed by atoms with Gasteiger partial charge in [-0.2, -0.15) is 18.3 Å². The van der Waals surface area contributed by atoms with E-state index in [0.717, 1.165) is 22.3 Å². The Morgan fingerprint density at radius 2 is 0.489 bits per heavy atom. The fraction of sp³-hybridized carbons (Fsp3) is 0.333. The molecule has 0 heterocycles. The largest absolute Gasteiger partial charge is 0.792 e. The maximum atomic E-state index is 6.04. The average molecular weight is 633 g/mol. The summed E-state index contributed by atoms with van der Waals surface area (Å²) >= 11 is 0. The van der Waals surface area contributed by atoms with Gasteiger partial charge in [0.2, 0.25) is 0 Å². The molecule has 0 aliphatic carbocycles. The predicted molar refractivity (Wildman–Crippen MR) is 172 cm³/mol. The van der Waals surface area contributed by atoms with Crippen LogP contribution in [0.2, 0.25) is 0 Å². The van der Waals surface area contributed by atoms with Crippen LogP contribution < -0.4 is 0 Å². The topological polar surface area (TPSA) is 73.8 Å². The maximum absolute atomic E-state index is 6.04. The lowest BCUT2D eigenvalue weighted by Gasteiger charge is -2.35. The van der Waals surface area contributed by atoms with Crippen LogP contribution in [0.25, 0.3) is 0 Å². The van der Waals surface area contributed by atoms with E-state index in [1.807, 2.05) is 177 Å². The Morgan fingerprint density at radius 3 is 0.667 bits per heavy atom. The SMILES string of the molecule is CC(C)(OO[Si](OOC(C)(C)c1ccccc1)(OOC(C)(C)c1ccccc1)OOC(C)(C)c1ccccc1)c1ccccc1. The van der Waals surface area contributed by atoms with Crippen molar-refractivity contribution in [1.29, 1.82) is 0 Å². The fourth-order valence-corrected chi connectivity index (χ4v) is 5.66. The van der Waals surface area contributed by atoms with Crippen LogP contribution in [0.3, 0.4) is 0 Å². The highest BCUT2D eigenvalue weighted by molar-refractivity contribution is 6.52. The van der Waals surface area contributed by atoms with Gasteiger partial charge in [0.25, 0.3) is 0 Å². The number of benzene rings is 4. The highest BCUT2D eigenvalue weighted by atomic mass is 28.4. The summed E-state index contributed by atoms with van der Waals surface area (Å²) in [4.78, 5) is 24.2. The molecule has 0 aliphatic heterocycles. The van der Waals surface area contributed by atoms with Crippen molar-refractivity contribution in [3.63, 3.8) is 0 Å². The molecule has 0 fully saturated rings. The van der Waals surface area contributed by atoms with Crippen molar-refractivity contribution in [2.75, 3.05) is 0 Å². The minimum absolute atomic E-state index is 0.842. The van der Waals surface area contributed by atoms with E-state index in [2.05, 4.69) is 0 Å². The molecule has 45 heavy (non-hydrogen) atoms. The van der Waals surface area contributed by atoms with Crippen molar-refractivity contribution in [1.82, 2.24) is 0 Å². The third-order valence-corrected chi connectivity index (χ3v) is 8.43. The van der Waals surface area contributed by atoms with Crippen LogP contribution in [-0.4, -0.2) is 9.05 Å².